The fourth-order valence-corrected chi connectivity index (χ4v) is 4.06. The highest BCUT2D eigenvalue weighted by molar-refractivity contribution is 6.16. The number of carboxylic acid groups (broad SMARTS) is 1. The summed E-state index contributed by atoms with van der Waals surface area (Å²) in [5.41, 5.74) is 1.40. The van der Waals surface area contributed by atoms with Crippen molar-refractivity contribution in [3.05, 3.63) is 107 Å². The topological polar surface area (TPSA) is 66.7 Å². The van der Waals surface area contributed by atoms with E-state index in [4.69, 9.17) is 5.11 Å². The lowest BCUT2D eigenvalue weighted by molar-refractivity contribution is -0.138. The minimum Gasteiger partial charge on any atom is -0.481 e. The predicted octanol–water partition coefficient (Wildman–Crippen LogP) is 6.11. The van der Waals surface area contributed by atoms with Gasteiger partial charge in [-0.25, -0.2) is 0 Å². The van der Waals surface area contributed by atoms with Gasteiger partial charge in [-0.15, -0.1) is 0 Å². The van der Waals surface area contributed by atoms with Gasteiger partial charge in [-0.05, 0) is 47.4 Å². The Hall–Kier alpha value is -4.00. The van der Waals surface area contributed by atoms with Crippen LogP contribution in [0.3, 0.4) is 0 Å². The van der Waals surface area contributed by atoms with Crippen molar-refractivity contribution in [1.82, 2.24) is 0 Å². The lowest BCUT2D eigenvalue weighted by Gasteiger charge is -2.26. The number of carboxylic acids is 1. The van der Waals surface area contributed by atoms with Crippen molar-refractivity contribution >= 4 is 18.0 Å². The first-order chi connectivity index (χ1) is 16.1. The van der Waals surface area contributed by atoms with Gasteiger partial charge >= 0.3 is 12.1 Å². The molecule has 4 nitrogen and oxygen atoms in total. The zero-order valence-corrected chi connectivity index (χ0v) is 18.1. The summed E-state index contributed by atoms with van der Waals surface area (Å²) in [6, 6.07) is 18.4. The minimum atomic E-state index is -4.44. The second-order valence-corrected chi connectivity index (χ2v) is 8.15. The van der Waals surface area contributed by atoms with Crippen LogP contribution in [0.5, 0.6) is 0 Å². The second kappa shape index (κ2) is 8.74. The van der Waals surface area contributed by atoms with Gasteiger partial charge in [-0.1, -0.05) is 60.7 Å². The second-order valence-electron chi connectivity index (χ2n) is 8.15. The maximum Gasteiger partial charge on any atom is 0.416 e. The van der Waals surface area contributed by atoms with E-state index in [1.807, 2.05) is 0 Å². The smallest absolute Gasteiger partial charge is 0.416 e. The normalized spacial score (nSPS) is 17.5. The van der Waals surface area contributed by atoms with Crippen molar-refractivity contribution in [2.45, 2.75) is 25.1 Å². The molecule has 34 heavy (non-hydrogen) atoms. The number of carbonyl (C=O) groups is 2. The quantitative estimate of drug-likeness (QED) is 0.449. The summed E-state index contributed by atoms with van der Waals surface area (Å²) in [7, 11) is 0. The SMILES string of the molecule is CC1(c2ccc(CC(=O)O)cc2)N=CC=C1C(=O)c1ccccc1-c1ccc(C(F)(F)F)cc1. The van der Waals surface area contributed by atoms with Gasteiger partial charge in [0.15, 0.2) is 5.78 Å². The standard InChI is InChI=1S/C27H20F3NO3/c1-26(19-10-6-17(7-11-19)16-24(32)33)23(14-15-31-26)25(34)22-5-3-2-4-21(22)18-8-12-20(13-9-18)27(28,29)30/h2-15H,16H2,1H3,(H,32,33). The Morgan fingerprint density at radius 2 is 1.59 bits per heavy atom. The summed E-state index contributed by atoms with van der Waals surface area (Å²) in [5, 5.41) is 8.98. The van der Waals surface area contributed by atoms with Gasteiger partial charge in [-0.3, -0.25) is 14.6 Å². The zero-order valence-electron chi connectivity index (χ0n) is 18.1. The first kappa shape index (κ1) is 23.2. The van der Waals surface area contributed by atoms with Crippen LogP contribution in [0.4, 0.5) is 13.2 Å². The molecule has 0 aromatic heterocycles. The number of aliphatic imine (C=N–C) groups is 1. The van der Waals surface area contributed by atoms with E-state index in [1.54, 1.807) is 67.7 Å². The number of hydrogen-bond acceptors (Lipinski definition) is 3. The fraction of sp³-hybridized carbons (Fsp3) is 0.148. The number of rotatable bonds is 6. The van der Waals surface area contributed by atoms with E-state index in [0.717, 1.165) is 17.7 Å². The Morgan fingerprint density at radius 3 is 2.21 bits per heavy atom. The third kappa shape index (κ3) is 4.41. The van der Waals surface area contributed by atoms with Crippen LogP contribution in [-0.2, 0) is 22.9 Å². The molecule has 1 aliphatic rings. The molecule has 0 aliphatic carbocycles. The summed E-state index contributed by atoms with van der Waals surface area (Å²) in [5.74, 6) is -1.22. The molecule has 3 aromatic rings. The summed E-state index contributed by atoms with van der Waals surface area (Å²) >= 11 is 0. The molecule has 3 aromatic carbocycles. The number of hydrogen-bond donors (Lipinski definition) is 1. The number of aliphatic carboxylic acids is 1. The van der Waals surface area contributed by atoms with Gasteiger partial charge in [0.25, 0.3) is 0 Å². The molecule has 172 valence electrons. The van der Waals surface area contributed by atoms with E-state index in [1.165, 1.54) is 12.1 Å². The number of alkyl halides is 3. The average molecular weight is 463 g/mol. The molecular formula is C27H20F3NO3. The molecule has 0 spiro atoms. The van der Waals surface area contributed by atoms with Crippen molar-refractivity contribution in [1.29, 1.82) is 0 Å². The van der Waals surface area contributed by atoms with Crippen LogP contribution >= 0.6 is 0 Å². The molecule has 0 fully saturated rings. The molecule has 1 unspecified atom stereocenters. The first-order valence-electron chi connectivity index (χ1n) is 10.5. The van der Waals surface area contributed by atoms with Gasteiger partial charge in [0.05, 0.1) is 12.0 Å². The third-order valence-corrected chi connectivity index (χ3v) is 5.91. The summed E-state index contributed by atoms with van der Waals surface area (Å²) in [4.78, 5) is 29.1. The highest BCUT2D eigenvalue weighted by Gasteiger charge is 2.38. The van der Waals surface area contributed by atoms with Crippen molar-refractivity contribution in [2.75, 3.05) is 0 Å². The van der Waals surface area contributed by atoms with E-state index >= 15 is 0 Å². The van der Waals surface area contributed by atoms with Gasteiger partial charge < -0.3 is 5.11 Å². The molecule has 0 saturated heterocycles. The van der Waals surface area contributed by atoms with Gasteiger partial charge in [-0.2, -0.15) is 13.2 Å². The molecule has 0 bridgehead atoms. The lowest BCUT2D eigenvalue weighted by Crippen LogP contribution is -2.25. The highest BCUT2D eigenvalue weighted by Crippen LogP contribution is 2.40. The molecule has 0 saturated carbocycles. The van der Waals surface area contributed by atoms with E-state index in [9.17, 15) is 22.8 Å². The van der Waals surface area contributed by atoms with Crippen LogP contribution in [0.2, 0.25) is 0 Å². The predicted molar refractivity (Wildman–Crippen MR) is 123 cm³/mol. The van der Waals surface area contributed by atoms with Gasteiger partial charge in [0.1, 0.15) is 5.54 Å². The van der Waals surface area contributed by atoms with Gasteiger partial charge in [0.2, 0.25) is 0 Å². The number of allylic oxidation sites excluding steroid dienone is 1. The van der Waals surface area contributed by atoms with Crippen LogP contribution in [0.25, 0.3) is 11.1 Å². The van der Waals surface area contributed by atoms with Crippen LogP contribution in [-0.4, -0.2) is 23.1 Å². The monoisotopic (exact) mass is 463 g/mol. The first-order valence-corrected chi connectivity index (χ1v) is 10.5. The number of nitrogens with zero attached hydrogens (tertiary/aromatic N) is 1. The zero-order chi connectivity index (χ0) is 24.5. The van der Waals surface area contributed by atoms with Crippen LogP contribution in [0.15, 0.2) is 89.4 Å². The maximum atomic E-state index is 13.7. The number of ketones is 1. The van der Waals surface area contributed by atoms with E-state index in [0.29, 0.717) is 27.8 Å². The largest absolute Gasteiger partial charge is 0.481 e. The Bertz CT molecular complexity index is 1310. The van der Waals surface area contributed by atoms with Crippen molar-refractivity contribution in [3.8, 4) is 11.1 Å². The third-order valence-electron chi connectivity index (χ3n) is 5.91. The van der Waals surface area contributed by atoms with Gasteiger partial charge in [0, 0.05) is 17.4 Å². The van der Waals surface area contributed by atoms with E-state index in [-0.39, 0.29) is 12.2 Å². The molecule has 7 heteroatoms. The maximum absolute atomic E-state index is 13.7. The van der Waals surface area contributed by atoms with Crippen molar-refractivity contribution in [2.24, 2.45) is 4.99 Å². The Labute approximate surface area is 194 Å². The number of halogens is 3. The van der Waals surface area contributed by atoms with E-state index in [2.05, 4.69) is 4.99 Å². The average Bonchev–Trinajstić information content (AvgIpc) is 3.21. The molecule has 4 rings (SSSR count). The molecular weight excluding hydrogens is 443 g/mol. The fourth-order valence-electron chi connectivity index (χ4n) is 4.06. The number of carbonyl (C=O) groups excluding carboxylic acids is 1. The molecule has 1 N–H and O–H groups in total. The Balaban J connectivity index is 1.68. The van der Waals surface area contributed by atoms with Crippen molar-refractivity contribution in [3.63, 3.8) is 0 Å². The number of benzene rings is 3. The van der Waals surface area contributed by atoms with Crippen LogP contribution in [0, 0.1) is 0 Å². The van der Waals surface area contributed by atoms with E-state index < -0.39 is 23.2 Å². The molecule has 0 radical (unpaired) electrons. The summed E-state index contributed by atoms with van der Waals surface area (Å²) < 4.78 is 38.9. The molecule has 1 heterocycles. The summed E-state index contributed by atoms with van der Waals surface area (Å²) in [6.45, 7) is 1.80. The number of Topliss-reactive ketones (excluding diaryl/α,β-unsaturated/α-hetero) is 1. The highest BCUT2D eigenvalue weighted by atomic mass is 19.4. The van der Waals surface area contributed by atoms with Crippen LogP contribution < -0.4 is 0 Å². The van der Waals surface area contributed by atoms with Crippen molar-refractivity contribution < 1.29 is 27.9 Å². The minimum absolute atomic E-state index is 0.109. The molecule has 0 amide bonds. The lowest BCUT2D eigenvalue weighted by atomic mass is 9.80. The summed E-state index contributed by atoms with van der Waals surface area (Å²) in [6.07, 6.45) is -1.36. The molecule has 1 aliphatic heterocycles. The Morgan fingerprint density at radius 1 is 0.941 bits per heavy atom. The Kier molecular flexibility index (Phi) is 5.96. The molecule has 1 atom stereocenters. The van der Waals surface area contributed by atoms with Crippen LogP contribution in [0.1, 0.15) is 34.0 Å².